The molecule has 0 bridgehead atoms. The monoisotopic (exact) mass is 504 g/mol. The van der Waals surface area contributed by atoms with Crippen LogP contribution in [-0.2, 0) is 16.0 Å². The van der Waals surface area contributed by atoms with E-state index in [1.807, 2.05) is 6.07 Å². The number of hydrogen-bond acceptors (Lipinski definition) is 9. The van der Waals surface area contributed by atoms with Crippen molar-refractivity contribution in [3.05, 3.63) is 35.9 Å². The minimum absolute atomic E-state index is 0.121. The van der Waals surface area contributed by atoms with Gasteiger partial charge in [0.05, 0.1) is 43.6 Å². The summed E-state index contributed by atoms with van der Waals surface area (Å²) in [6.07, 6.45) is 2.75. The van der Waals surface area contributed by atoms with Crippen LogP contribution >= 0.6 is 0 Å². The number of methoxy groups -OCH3 is 1. The molecule has 1 aliphatic carbocycles. The Balaban J connectivity index is 1.40. The van der Waals surface area contributed by atoms with Crippen LogP contribution in [0.1, 0.15) is 32.3 Å². The summed E-state index contributed by atoms with van der Waals surface area (Å²) in [7, 11) is 1.73. The number of benzene rings is 1. The smallest absolute Gasteiger partial charge is 0.229 e. The number of nitrogens with one attached hydrogen (secondary N) is 1. The van der Waals surface area contributed by atoms with Gasteiger partial charge in [-0.05, 0) is 57.0 Å². The second-order valence-electron chi connectivity index (χ2n) is 10.4. The lowest BCUT2D eigenvalue weighted by Crippen LogP contribution is -2.46. The van der Waals surface area contributed by atoms with Crippen molar-refractivity contribution >= 4 is 22.8 Å². The molecular weight excluding hydrogens is 468 g/mol. The normalized spacial score (nSPS) is 22.5. The lowest BCUT2D eigenvalue weighted by Gasteiger charge is -2.36. The third-order valence-corrected chi connectivity index (χ3v) is 7.28. The summed E-state index contributed by atoms with van der Waals surface area (Å²) in [6, 6.07) is 11.1. The Hall–Kier alpha value is -3.01. The molecule has 6 rings (SSSR count). The van der Waals surface area contributed by atoms with Gasteiger partial charge >= 0.3 is 0 Å². The number of aromatic nitrogens is 3. The Morgan fingerprint density at radius 1 is 0.973 bits per heavy atom. The van der Waals surface area contributed by atoms with E-state index in [2.05, 4.69) is 53.2 Å². The van der Waals surface area contributed by atoms with E-state index in [0.717, 1.165) is 66.5 Å². The highest BCUT2D eigenvalue weighted by Crippen LogP contribution is 2.32. The molecule has 2 atom stereocenters. The first-order valence-corrected chi connectivity index (χ1v) is 13.4. The number of rotatable bonds is 7. The molecule has 1 N–H and O–H groups in total. The Labute approximate surface area is 218 Å². The van der Waals surface area contributed by atoms with Crippen LogP contribution in [0.15, 0.2) is 30.3 Å². The lowest BCUT2D eigenvalue weighted by molar-refractivity contribution is -0.00570. The van der Waals surface area contributed by atoms with Crippen LogP contribution in [0.4, 0.5) is 11.8 Å². The zero-order chi connectivity index (χ0) is 25.4. The number of pyridine rings is 1. The third kappa shape index (κ3) is 5.35. The first kappa shape index (κ1) is 24.3. The average molecular weight is 505 g/mol. The second-order valence-corrected chi connectivity index (χ2v) is 10.4. The molecule has 1 saturated carbocycles. The molecule has 0 radical (unpaired) electrons. The van der Waals surface area contributed by atoms with Crippen molar-refractivity contribution in [1.82, 2.24) is 20.3 Å². The van der Waals surface area contributed by atoms with Crippen molar-refractivity contribution in [3.8, 4) is 17.0 Å². The van der Waals surface area contributed by atoms with E-state index in [9.17, 15) is 0 Å². The minimum atomic E-state index is 0.121. The Morgan fingerprint density at radius 3 is 2.49 bits per heavy atom. The summed E-state index contributed by atoms with van der Waals surface area (Å²) >= 11 is 0. The molecule has 2 aromatic heterocycles. The Morgan fingerprint density at radius 2 is 1.76 bits per heavy atom. The Bertz CT molecular complexity index is 1250. The van der Waals surface area contributed by atoms with Crippen molar-refractivity contribution in [1.29, 1.82) is 0 Å². The standard InChI is InChI=1S/C28H36N6O3/c1-18-16-34(17-19(2)37-18)28-31-26-23(27(32-28)33-10-12-36-13-11-33)7-8-24(30-26)20-4-9-25(35-3)21(14-20)15-29-22-5-6-22/h4,7-9,14,18-19,22,29H,5-6,10-13,15-17H2,1-3H3. The number of hydrogen-bond donors (Lipinski definition) is 1. The van der Waals surface area contributed by atoms with E-state index in [1.54, 1.807) is 7.11 Å². The number of fused-ring (bicyclic) bond motifs is 1. The van der Waals surface area contributed by atoms with Gasteiger partial charge in [-0.1, -0.05) is 0 Å². The highest BCUT2D eigenvalue weighted by Gasteiger charge is 2.27. The molecule has 3 fully saturated rings. The van der Waals surface area contributed by atoms with Gasteiger partial charge in [0.1, 0.15) is 11.6 Å². The quantitative estimate of drug-likeness (QED) is 0.520. The van der Waals surface area contributed by atoms with Crippen LogP contribution in [0, 0.1) is 0 Å². The van der Waals surface area contributed by atoms with Crippen molar-refractivity contribution in [2.24, 2.45) is 0 Å². The molecule has 9 nitrogen and oxygen atoms in total. The molecule has 3 aliphatic rings. The summed E-state index contributed by atoms with van der Waals surface area (Å²) in [5.41, 5.74) is 3.80. The summed E-state index contributed by atoms with van der Waals surface area (Å²) in [5, 5.41) is 4.56. The average Bonchev–Trinajstić information content (AvgIpc) is 3.75. The van der Waals surface area contributed by atoms with Crippen molar-refractivity contribution < 1.29 is 14.2 Å². The number of anilines is 2. The van der Waals surface area contributed by atoms with Crippen LogP contribution in [0.2, 0.25) is 0 Å². The van der Waals surface area contributed by atoms with E-state index >= 15 is 0 Å². The van der Waals surface area contributed by atoms with Crippen LogP contribution in [0.25, 0.3) is 22.3 Å². The first-order valence-electron chi connectivity index (χ1n) is 13.4. The van der Waals surface area contributed by atoms with Crippen LogP contribution in [0.5, 0.6) is 5.75 Å². The molecule has 2 unspecified atom stereocenters. The van der Waals surface area contributed by atoms with Crippen molar-refractivity contribution in [3.63, 3.8) is 0 Å². The van der Waals surface area contributed by atoms with Gasteiger partial charge in [0, 0.05) is 49.9 Å². The van der Waals surface area contributed by atoms with Gasteiger partial charge in [0.25, 0.3) is 0 Å². The first-order chi connectivity index (χ1) is 18.1. The summed E-state index contributed by atoms with van der Waals surface area (Å²) in [6.45, 7) is 9.50. The lowest BCUT2D eigenvalue weighted by atomic mass is 10.1. The van der Waals surface area contributed by atoms with Gasteiger partial charge in [-0.3, -0.25) is 0 Å². The maximum Gasteiger partial charge on any atom is 0.229 e. The molecule has 3 aromatic rings. The topological polar surface area (TPSA) is 84.9 Å². The molecule has 1 aromatic carbocycles. The second kappa shape index (κ2) is 10.4. The SMILES string of the molecule is COc1ccc(-c2ccc3c(N4CCOCC4)nc(N4CC(C)OC(C)C4)nc3n2)cc1CNC1CC1. The summed E-state index contributed by atoms with van der Waals surface area (Å²) < 4.78 is 17.2. The molecular formula is C28H36N6O3. The fourth-order valence-electron chi connectivity index (χ4n) is 5.26. The molecule has 4 heterocycles. The van der Waals surface area contributed by atoms with E-state index in [1.165, 1.54) is 12.8 Å². The number of nitrogens with zero attached hydrogens (tertiary/aromatic N) is 5. The Kier molecular flexibility index (Phi) is 6.84. The summed E-state index contributed by atoms with van der Waals surface area (Å²) in [5.74, 6) is 2.54. The van der Waals surface area contributed by atoms with Crippen molar-refractivity contribution in [2.45, 2.75) is 51.5 Å². The van der Waals surface area contributed by atoms with Gasteiger partial charge in [-0.2, -0.15) is 9.97 Å². The molecule has 196 valence electrons. The zero-order valence-electron chi connectivity index (χ0n) is 21.9. The fraction of sp³-hybridized carbons (Fsp3) is 0.536. The largest absolute Gasteiger partial charge is 0.496 e. The number of ether oxygens (including phenoxy) is 3. The van der Waals surface area contributed by atoms with E-state index in [0.29, 0.717) is 30.9 Å². The van der Waals surface area contributed by atoms with E-state index < -0.39 is 0 Å². The van der Waals surface area contributed by atoms with E-state index in [-0.39, 0.29) is 12.2 Å². The van der Waals surface area contributed by atoms with Crippen molar-refractivity contribution in [2.75, 3.05) is 56.3 Å². The van der Waals surface area contributed by atoms with Gasteiger partial charge < -0.3 is 29.3 Å². The fourth-order valence-corrected chi connectivity index (χ4v) is 5.26. The third-order valence-electron chi connectivity index (χ3n) is 7.28. The van der Waals surface area contributed by atoms with Crippen LogP contribution in [0.3, 0.4) is 0 Å². The predicted molar refractivity (Wildman–Crippen MR) is 144 cm³/mol. The molecule has 2 aliphatic heterocycles. The van der Waals surface area contributed by atoms with E-state index in [4.69, 9.17) is 29.2 Å². The van der Waals surface area contributed by atoms with Gasteiger partial charge in [0.15, 0.2) is 5.65 Å². The predicted octanol–water partition coefficient (Wildman–Crippen LogP) is 3.40. The number of morpholine rings is 2. The van der Waals surface area contributed by atoms with Crippen LogP contribution < -0.4 is 19.9 Å². The molecule has 2 saturated heterocycles. The highest BCUT2D eigenvalue weighted by molar-refractivity contribution is 5.90. The molecule has 0 spiro atoms. The molecule has 9 heteroatoms. The maximum atomic E-state index is 5.96. The zero-order valence-corrected chi connectivity index (χ0v) is 21.9. The molecule has 37 heavy (non-hydrogen) atoms. The van der Waals surface area contributed by atoms with Gasteiger partial charge in [-0.25, -0.2) is 4.98 Å². The summed E-state index contributed by atoms with van der Waals surface area (Å²) in [4.78, 5) is 19.6. The highest BCUT2D eigenvalue weighted by atomic mass is 16.5. The van der Waals surface area contributed by atoms with Gasteiger partial charge in [0.2, 0.25) is 5.95 Å². The maximum absolute atomic E-state index is 5.96. The minimum Gasteiger partial charge on any atom is -0.496 e. The van der Waals surface area contributed by atoms with Crippen LogP contribution in [-0.4, -0.2) is 79.7 Å². The van der Waals surface area contributed by atoms with Gasteiger partial charge in [-0.15, -0.1) is 0 Å². The molecule has 0 amide bonds.